The number of rotatable bonds is 5. The van der Waals surface area contributed by atoms with E-state index >= 15 is 4.39 Å². The van der Waals surface area contributed by atoms with Crippen LogP contribution in [0.15, 0.2) is 54.6 Å². The first-order valence-corrected chi connectivity index (χ1v) is 14.7. The minimum Gasteiger partial charge on any atom is -0.758 e. The fraction of sp³-hybridized carbons (Fsp3) is 0.375. The Morgan fingerprint density at radius 3 is 2.56 bits per heavy atom. The van der Waals surface area contributed by atoms with Crippen LogP contribution in [-0.4, -0.2) is 37.6 Å². The first kappa shape index (κ1) is 29.7. The van der Waals surface area contributed by atoms with Gasteiger partial charge in [0.05, 0.1) is 23.9 Å². The predicted molar refractivity (Wildman–Crippen MR) is 167 cm³/mol. The molecule has 2 spiro atoms. The first-order valence-electron chi connectivity index (χ1n) is 14.0. The number of hydrogen-bond acceptors (Lipinski definition) is 6. The van der Waals surface area contributed by atoms with Gasteiger partial charge in [-0.1, -0.05) is 62.2 Å². The van der Waals surface area contributed by atoms with Gasteiger partial charge in [-0.2, -0.15) is 0 Å². The zero-order chi connectivity index (χ0) is 31.1. The number of anilines is 3. The summed E-state index contributed by atoms with van der Waals surface area (Å²) in [7, 11) is 2.79. The van der Waals surface area contributed by atoms with Crippen molar-refractivity contribution in [3.05, 3.63) is 86.8 Å². The van der Waals surface area contributed by atoms with E-state index in [1.54, 1.807) is 42.5 Å². The third-order valence-electron chi connectivity index (χ3n) is 9.34. The number of ether oxygens (including phenoxy) is 1. The summed E-state index contributed by atoms with van der Waals surface area (Å²) in [5, 5.41) is 22.4. The Morgan fingerprint density at radius 1 is 1.16 bits per heavy atom. The summed E-state index contributed by atoms with van der Waals surface area (Å²) in [6.45, 7) is 6.29. The fourth-order valence-electron chi connectivity index (χ4n) is 7.54. The van der Waals surface area contributed by atoms with E-state index in [2.05, 4.69) is 36.7 Å². The van der Waals surface area contributed by atoms with Crippen molar-refractivity contribution in [1.29, 1.82) is 0 Å². The molecule has 0 aromatic heterocycles. The Bertz CT molecular complexity index is 1660. The summed E-state index contributed by atoms with van der Waals surface area (Å²) < 4.78 is 21.5. The highest BCUT2D eigenvalue weighted by Crippen LogP contribution is 2.72. The molecule has 11 heteroatoms. The zero-order valence-electron chi connectivity index (χ0n) is 24.3. The van der Waals surface area contributed by atoms with Crippen molar-refractivity contribution in [2.24, 2.45) is 11.3 Å². The molecule has 2 amide bonds. The maximum Gasteiger partial charge on any atom is 0.242 e. The van der Waals surface area contributed by atoms with Crippen molar-refractivity contribution < 1.29 is 18.7 Å². The topological polar surface area (TPSA) is 106 Å². The van der Waals surface area contributed by atoms with Crippen molar-refractivity contribution in [3.63, 3.8) is 0 Å². The molecule has 1 saturated heterocycles. The molecule has 3 aliphatic rings. The molecule has 2 heterocycles. The van der Waals surface area contributed by atoms with Crippen LogP contribution in [0, 0.1) is 22.4 Å². The highest BCUT2D eigenvalue weighted by atomic mass is 35.5. The van der Waals surface area contributed by atoms with Gasteiger partial charge in [0.2, 0.25) is 11.8 Å². The number of methoxy groups -OCH3 is 1. The molecule has 0 radical (unpaired) electrons. The van der Waals surface area contributed by atoms with Gasteiger partial charge in [-0.05, 0) is 66.3 Å². The van der Waals surface area contributed by atoms with Crippen molar-refractivity contribution >= 4 is 52.1 Å². The molecule has 8 nitrogen and oxygen atoms in total. The minimum atomic E-state index is -1.36. The number of halogens is 3. The second kappa shape index (κ2) is 10.1. The molecule has 1 saturated carbocycles. The maximum atomic E-state index is 16.1. The summed E-state index contributed by atoms with van der Waals surface area (Å²) >= 11 is 12.6. The summed E-state index contributed by atoms with van der Waals surface area (Å²) in [6.07, 6.45) is 0.586. The molecule has 1 aliphatic carbocycles. The lowest BCUT2D eigenvalue weighted by atomic mass is 9.61. The van der Waals surface area contributed by atoms with Crippen LogP contribution >= 0.6 is 23.2 Å². The standard InChI is InChI=1S/C32H32Cl2FN4O4/c1-30(2,3)24-15-31(24)32(19-11-9-16(33)13-22(19)37-29(32)41)25(18-7-6-8-20(34)26(18)35)27(38-31)28(40)36-21-12-10-17(39(4)42)14-23(21)43-5/h6-14,24-25,27,38H,15H2,1-5H3,(H,36,40)(H,37,41)/q-1/t24?,25?,27-,31+,32-/m1/s1. The molecule has 2 unspecified atom stereocenters. The van der Waals surface area contributed by atoms with Gasteiger partial charge in [0.25, 0.3) is 0 Å². The number of carbonyl (C=O) groups is 2. The van der Waals surface area contributed by atoms with E-state index in [1.165, 1.54) is 26.3 Å². The van der Waals surface area contributed by atoms with E-state index in [1.807, 2.05) is 0 Å². The van der Waals surface area contributed by atoms with E-state index in [0.717, 1.165) is 0 Å². The summed E-state index contributed by atoms with van der Waals surface area (Å²) in [6, 6.07) is 13.4. The third-order valence-corrected chi connectivity index (χ3v) is 9.87. The molecular weight excluding hydrogens is 594 g/mol. The smallest absolute Gasteiger partial charge is 0.242 e. The summed E-state index contributed by atoms with van der Waals surface area (Å²) in [5.41, 5.74) is -0.480. The Morgan fingerprint density at radius 2 is 1.91 bits per heavy atom. The van der Waals surface area contributed by atoms with Gasteiger partial charge in [-0.25, -0.2) is 4.39 Å². The zero-order valence-corrected chi connectivity index (χ0v) is 25.9. The molecule has 6 rings (SSSR count). The minimum absolute atomic E-state index is 0.0312. The van der Waals surface area contributed by atoms with Crippen LogP contribution in [0.5, 0.6) is 5.75 Å². The number of hydroxylamine groups is 1. The second-order valence-electron chi connectivity index (χ2n) is 12.7. The largest absolute Gasteiger partial charge is 0.758 e. The number of fused-ring (bicyclic) bond motifs is 3. The maximum absolute atomic E-state index is 16.1. The fourth-order valence-corrected chi connectivity index (χ4v) is 7.90. The van der Waals surface area contributed by atoms with Crippen LogP contribution in [0.2, 0.25) is 10.0 Å². The highest BCUT2D eigenvalue weighted by Gasteiger charge is 2.81. The average molecular weight is 627 g/mol. The van der Waals surface area contributed by atoms with Crippen molar-refractivity contribution in [1.82, 2.24) is 5.32 Å². The number of benzene rings is 3. The molecule has 3 aromatic carbocycles. The van der Waals surface area contributed by atoms with E-state index in [9.17, 15) is 14.8 Å². The number of hydrogen-bond donors (Lipinski definition) is 3. The lowest BCUT2D eigenvalue weighted by Gasteiger charge is -2.38. The van der Waals surface area contributed by atoms with Gasteiger partial charge in [0.15, 0.2) is 0 Å². The van der Waals surface area contributed by atoms with Gasteiger partial charge < -0.3 is 25.6 Å². The normalized spacial score (nSPS) is 27.3. The van der Waals surface area contributed by atoms with Crippen molar-refractivity contribution in [3.8, 4) is 5.75 Å². The lowest BCUT2D eigenvalue weighted by Crippen LogP contribution is -2.52. The Hall–Kier alpha value is -3.37. The second-order valence-corrected chi connectivity index (χ2v) is 13.5. The number of carbonyl (C=O) groups excluding carboxylic acids is 2. The van der Waals surface area contributed by atoms with E-state index in [-0.39, 0.29) is 33.6 Å². The van der Waals surface area contributed by atoms with Crippen LogP contribution in [0.3, 0.4) is 0 Å². The van der Waals surface area contributed by atoms with Gasteiger partial charge in [0.1, 0.15) is 17.0 Å². The van der Waals surface area contributed by atoms with Crippen LogP contribution in [0.25, 0.3) is 0 Å². The lowest BCUT2D eigenvalue weighted by molar-refractivity contribution is -0.122. The molecule has 43 heavy (non-hydrogen) atoms. The molecule has 226 valence electrons. The molecule has 2 fully saturated rings. The monoisotopic (exact) mass is 625 g/mol. The molecule has 2 aliphatic heterocycles. The number of nitrogens with one attached hydrogen (secondary N) is 3. The molecule has 0 bridgehead atoms. The molecule has 5 atom stereocenters. The Labute approximate surface area is 259 Å². The van der Waals surface area contributed by atoms with Crippen LogP contribution in [-0.2, 0) is 15.0 Å². The highest BCUT2D eigenvalue weighted by molar-refractivity contribution is 6.31. The quantitative estimate of drug-likeness (QED) is 0.281. The Kier molecular flexibility index (Phi) is 6.97. The summed E-state index contributed by atoms with van der Waals surface area (Å²) in [5.74, 6) is -2.25. The average Bonchev–Trinajstić information content (AvgIpc) is 3.52. The predicted octanol–water partition coefficient (Wildman–Crippen LogP) is 6.46. The van der Waals surface area contributed by atoms with Crippen molar-refractivity contribution in [2.75, 3.05) is 29.9 Å². The van der Waals surface area contributed by atoms with E-state index < -0.39 is 34.6 Å². The van der Waals surface area contributed by atoms with E-state index in [4.69, 9.17) is 27.9 Å². The number of amides is 2. The summed E-state index contributed by atoms with van der Waals surface area (Å²) in [4.78, 5) is 28.8. The van der Waals surface area contributed by atoms with Gasteiger partial charge >= 0.3 is 0 Å². The molecular formula is C32H32Cl2FN4O4-. The van der Waals surface area contributed by atoms with Gasteiger partial charge in [0, 0.05) is 33.9 Å². The molecule has 3 aromatic rings. The third kappa shape index (κ3) is 4.31. The van der Waals surface area contributed by atoms with Gasteiger partial charge in [-0.3, -0.25) is 14.9 Å². The first-order chi connectivity index (χ1) is 20.3. The SMILES string of the molecule is COc1cc(N(C)[O-])ccc1NC(=O)[C@@H]1N[C@]2(CC2C(C)(C)C)[C@@]2(C(=O)Nc3cc(Cl)ccc32)C1c1cccc(Cl)c1F. The van der Waals surface area contributed by atoms with Crippen LogP contribution in [0.1, 0.15) is 44.2 Å². The van der Waals surface area contributed by atoms with Gasteiger partial charge in [-0.15, -0.1) is 0 Å². The molecule has 3 N–H and O–H groups in total. The Balaban J connectivity index is 1.56. The van der Waals surface area contributed by atoms with E-state index in [0.29, 0.717) is 39.1 Å². The van der Waals surface area contributed by atoms with Crippen molar-refractivity contribution in [2.45, 2.75) is 50.1 Å². The number of nitrogens with zero attached hydrogens (tertiary/aromatic N) is 1. The van der Waals surface area contributed by atoms with Crippen LogP contribution < -0.4 is 25.8 Å². The van der Waals surface area contributed by atoms with Crippen LogP contribution in [0.4, 0.5) is 21.5 Å².